The maximum absolute atomic E-state index is 14.3. The molecule has 1 aromatic heterocycles. The van der Waals surface area contributed by atoms with Crippen LogP contribution in [0.3, 0.4) is 0 Å². The fourth-order valence-corrected chi connectivity index (χ4v) is 4.84. The van der Waals surface area contributed by atoms with E-state index >= 15 is 0 Å². The maximum Gasteiger partial charge on any atom is 0.276 e. The van der Waals surface area contributed by atoms with E-state index in [0.29, 0.717) is 24.5 Å². The summed E-state index contributed by atoms with van der Waals surface area (Å²) in [6.45, 7) is 2.48. The maximum atomic E-state index is 14.3. The van der Waals surface area contributed by atoms with Crippen molar-refractivity contribution in [1.82, 2.24) is 20.4 Å². The van der Waals surface area contributed by atoms with E-state index in [1.165, 1.54) is 36.0 Å². The van der Waals surface area contributed by atoms with Crippen molar-refractivity contribution in [3.8, 4) is 11.6 Å². The van der Waals surface area contributed by atoms with Crippen LogP contribution in [-0.4, -0.2) is 46.5 Å². The van der Waals surface area contributed by atoms with E-state index in [1.54, 1.807) is 6.07 Å². The molecule has 0 spiro atoms. The van der Waals surface area contributed by atoms with E-state index in [9.17, 15) is 14.0 Å². The quantitative estimate of drug-likeness (QED) is 0.496. The van der Waals surface area contributed by atoms with E-state index < -0.39 is 11.7 Å². The molecule has 1 saturated heterocycles. The summed E-state index contributed by atoms with van der Waals surface area (Å²) in [5.74, 6) is -0.632. The first kappa shape index (κ1) is 25.4. The van der Waals surface area contributed by atoms with Gasteiger partial charge in [0, 0.05) is 30.9 Å². The molecule has 3 heterocycles. The van der Waals surface area contributed by atoms with Crippen LogP contribution in [0.1, 0.15) is 54.1 Å². The summed E-state index contributed by atoms with van der Waals surface area (Å²) in [7, 11) is 1.40. The van der Waals surface area contributed by atoms with Gasteiger partial charge in [-0.05, 0) is 55.5 Å². The molecule has 0 bridgehead atoms. The number of para-hydroxylation sites is 1. The lowest BCUT2D eigenvalue weighted by Crippen LogP contribution is -2.46. The minimum atomic E-state index is -0.544. The Labute approximate surface area is 220 Å². The summed E-state index contributed by atoms with van der Waals surface area (Å²) < 4.78 is 25.2. The molecule has 38 heavy (non-hydrogen) atoms. The van der Waals surface area contributed by atoms with Crippen molar-refractivity contribution in [1.29, 1.82) is 0 Å². The lowest BCUT2D eigenvalue weighted by atomic mass is 10.1. The molecule has 0 aliphatic carbocycles. The number of fused-ring (bicyclic) bond motifs is 1. The van der Waals surface area contributed by atoms with Crippen molar-refractivity contribution in [2.24, 2.45) is 0 Å². The molecule has 9 nitrogen and oxygen atoms in total. The van der Waals surface area contributed by atoms with E-state index in [4.69, 9.17) is 9.47 Å². The summed E-state index contributed by atoms with van der Waals surface area (Å²) in [6, 6.07) is 12.6. The number of methoxy groups -OCH3 is 1. The first-order valence-electron chi connectivity index (χ1n) is 12.8. The standard InChI is InChI=1S/C28H30FN5O4/c1-18-14-20-8-5-6-9-23(20)34(18)28-30-16-21(26(36)32-33-13-7-3-4-10-25(33)35)27(31-28)38-17-19-11-12-24(37-2)22(29)15-19/h5-6,8-9,11-12,15-16,18H,3-4,7,10,13-14,17H2,1-2H3,(H,32,36)/t18-/m1/s1. The summed E-state index contributed by atoms with van der Waals surface area (Å²) in [4.78, 5) is 36.9. The monoisotopic (exact) mass is 519 g/mol. The SMILES string of the molecule is COc1ccc(COc2nc(N3c4ccccc4C[C@H]3C)ncc2C(=O)NN2CCCCCC2=O)cc1F. The molecule has 2 amide bonds. The zero-order chi connectivity index (χ0) is 26.6. The summed E-state index contributed by atoms with van der Waals surface area (Å²) in [5.41, 5.74) is 5.50. The Morgan fingerprint density at radius 1 is 1.18 bits per heavy atom. The Kier molecular flexibility index (Phi) is 7.39. The van der Waals surface area contributed by atoms with Gasteiger partial charge in [-0.25, -0.2) is 9.37 Å². The number of rotatable bonds is 7. The number of hydrogen-bond donors (Lipinski definition) is 1. The smallest absolute Gasteiger partial charge is 0.276 e. The van der Waals surface area contributed by atoms with Crippen LogP contribution in [0.25, 0.3) is 0 Å². The van der Waals surface area contributed by atoms with E-state index in [0.717, 1.165) is 31.4 Å². The normalized spacial score (nSPS) is 17.1. The van der Waals surface area contributed by atoms with E-state index in [1.807, 2.05) is 23.1 Å². The second kappa shape index (κ2) is 11.0. The van der Waals surface area contributed by atoms with Crippen molar-refractivity contribution in [2.75, 3.05) is 18.6 Å². The van der Waals surface area contributed by atoms with Crippen LogP contribution in [0.15, 0.2) is 48.7 Å². The lowest BCUT2D eigenvalue weighted by molar-refractivity contribution is -0.133. The predicted molar refractivity (Wildman–Crippen MR) is 139 cm³/mol. The molecule has 10 heteroatoms. The van der Waals surface area contributed by atoms with Gasteiger partial charge in [0.25, 0.3) is 5.91 Å². The van der Waals surface area contributed by atoms with Gasteiger partial charge in [0.1, 0.15) is 12.2 Å². The van der Waals surface area contributed by atoms with Gasteiger partial charge in [0.05, 0.1) is 7.11 Å². The number of halogens is 1. The molecule has 198 valence electrons. The number of nitrogens with one attached hydrogen (secondary N) is 1. The molecule has 1 fully saturated rings. The number of nitrogens with zero attached hydrogens (tertiary/aromatic N) is 4. The third kappa shape index (κ3) is 5.25. The van der Waals surface area contributed by atoms with Crippen molar-refractivity contribution >= 4 is 23.5 Å². The summed E-state index contributed by atoms with van der Waals surface area (Å²) >= 11 is 0. The summed E-state index contributed by atoms with van der Waals surface area (Å²) in [6.07, 6.45) is 5.16. The fraction of sp³-hybridized carbons (Fsp3) is 0.357. The topological polar surface area (TPSA) is 96.9 Å². The number of amides is 2. The molecule has 3 aromatic rings. The van der Waals surface area contributed by atoms with E-state index in [-0.39, 0.29) is 35.7 Å². The van der Waals surface area contributed by atoms with Crippen LogP contribution < -0.4 is 19.8 Å². The van der Waals surface area contributed by atoms with Gasteiger partial charge in [0.15, 0.2) is 11.6 Å². The first-order chi connectivity index (χ1) is 18.4. The Morgan fingerprint density at radius 2 is 2.03 bits per heavy atom. The number of carbonyl (C=O) groups excluding carboxylic acids is 2. The van der Waals surface area contributed by atoms with Gasteiger partial charge in [-0.15, -0.1) is 0 Å². The van der Waals surface area contributed by atoms with Gasteiger partial charge in [-0.1, -0.05) is 30.7 Å². The molecule has 2 aliphatic heterocycles. The Bertz CT molecular complexity index is 1350. The Hall–Kier alpha value is -4.21. The predicted octanol–water partition coefficient (Wildman–Crippen LogP) is 4.33. The number of anilines is 2. The van der Waals surface area contributed by atoms with Crippen LogP contribution in [-0.2, 0) is 17.8 Å². The highest BCUT2D eigenvalue weighted by atomic mass is 19.1. The highest BCUT2D eigenvalue weighted by molar-refractivity contribution is 5.97. The number of aromatic nitrogens is 2. The molecule has 0 saturated carbocycles. The van der Waals surface area contributed by atoms with Crippen LogP contribution >= 0.6 is 0 Å². The van der Waals surface area contributed by atoms with Gasteiger partial charge in [0.2, 0.25) is 17.7 Å². The van der Waals surface area contributed by atoms with E-state index in [2.05, 4.69) is 28.4 Å². The van der Waals surface area contributed by atoms with Crippen LogP contribution in [0, 0.1) is 5.82 Å². The average Bonchev–Trinajstić information content (AvgIpc) is 3.12. The molecule has 1 atom stereocenters. The highest BCUT2D eigenvalue weighted by Crippen LogP contribution is 2.37. The first-order valence-corrected chi connectivity index (χ1v) is 12.8. The molecule has 2 aromatic carbocycles. The third-order valence-corrected chi connectivity index (χ3v) is 6.81. The largest absolute Gasteiger partial charge is 0.494 e. The van der Waals surface area contributed by atoms with Crippen molar-refractivity contribution < 1.29 is 23.5 Å². The second-order valence-corrected chi connectivity index (χ2v) is 9.50. The second-order valence-electron chi connectivity index (χ2n) is 9.50. The Balaban J connectivity index is 1.45. The number of ether oxygens (including phenoxy) is 2. The van der Waals surface area contributed by atoms with Crippen LogP contribution in [0.5, 0.6) is 11.6 Å². The van der Waals surface area contributed by atoms with Crippen molar-refractivity contribution in [2.45, 2.75) is 51.7 Å². The van der Waals surface area contributed by atoms with Crippen LogP contribution in [0.4, 0.5) is 16.0 Å². The van der Waals surface area contributed by atoms with Crippen LogP contribution in [0.2, 0.25) is 0 Å². The number of carbonyl (C=O) groups is 2. The molecule has 5 rings (SSSR count). The minimum absolute atomic E-state index is 0.0353. The summed E-state index contributed by atoms with van der Waals surface area (Å²) in [5, 5.41) is 1.35. The molecule has 0 radical (unpaired) electrons. The van der Waals surface area contributed by atoms with Gasteiger partial charge in [-0.2, -0.15) is 4.98 Å². The van der Waals surface area contributed by atoms with Gasteiger partial charge in [-0.3, -0.25) is 20.0 Å². The fourth-order valence-electron chi connectivity index (χ4n) is 4.84. The zero-order valence-electron chi connectivity index (χ0n) is 21.4. The zero-order valence-corrected chi connectivity index (χ0v) is 21.4. The average molecular weight is 520 g/mol. The Morgan fingerprint density at radius 3 is 2.84 bits per heavy atom. The molecule has 1 N–H and O–H groups in total. The minimum Gasteiger partial charge on any atom is -0.494 e. The molecular weight excluding hydrogens is 489 g/mol. The van der Waals surface area contributed by atoms with Crippen molar-refractivity contribution in [3.63, 3.8) is 0 Å². The van der Waals surface area contributed by atoms with Gasteiger partial charge >= 0.3 is 0 Å². The number of hydrazine groups is 1. The lowest BCUT2D eigenvalue weighted by Gasteiger charge is -2.24. The number of hydrogen-bond acceptors (Lipinski definition) is 7. The highest BCUT2D eigenvalue weighted by Gasteiger charge is 2.30. The molecule has 2 aliphatic rings. The molecule has 0 unspecified atom stereocenters. The third-order valence-electron chi connectivity index (χ3n) is 6.81. The molecular formula is C28H30FN5O4. The van der Waals surface area contributed by atoms with Gasteiger partial charge < -0.3 is 14.4 Å². The van der Waals surface area contributed by atoms with Crippen molar-refractivity contribution in [3.05, 3.63) is 71.2 Å². The number of benzene rings is 2.